The lowest BCUT2D eigenvalue weighted by molar-refractivity contribution is 0.599. The summed E-state index contributed by atoms with van der Waals surface area (Å²) in [6.07, 6.45) is 0. The molecule has 0 aromatic heterocycles. The van der Waals surface area contributed by atoms with Crippen LogP contribution in [-0.2, 0) is 0 Å². The summed E-state index contributed by atoms with van der Waals surface area (Å²) in [6.45, 7) is 3.31. The molecule has 5 heteroatoms. The summed E-state index contributed by atoms with van der Waals surface area (Å²) < 4.78 is 0. The summed E-state index contributed by atoms with van der Waals surface area (Å²) in [5.74, 6) is 10.0. The standard InChI is InChI=1S/C4H15N5/c5-8-3-1-7-2-4-9-6/h7-9H,1-6H2. The van der Waals surface area contributed by atoms with Crippen molar-refractivity contribution >= 4 is 0 Å². The van der Waals surface area contributed by atoms with E-state index in [4.69, 9.17) is 11.7 Å². The molecule has 0 saturated carbocycles. The fourth-order valence-electron chi connectivity index (χ4n) is 0.446. The van der Waals surface area contributed by atoms with E-state index < -0.39 is 0 Å². The Labute approximate surface area is 55.1 Å². The van der Waals surface area contributed by atoms with Crippen molar-refractivity contribution < 1.29 is 0 Å². The lowest BCUT2D eigenvalue weighted by Gasteiger charge is -2.01. The van der Waals surface area contributed by atoms with E-state index in [-0.39, 0.29) is 0 Å². The molecule has 0 fully saturated rings. The average Bonchev–Trinajstić information content (AvgIpc) is 1.89. The fourth-order valence-corrected chi connectivity index (χ4v) is 0.446. The summed E-state index contributed by atoms with van der Waals surface area (Å²) in [4.78, 5) is 0. The molecule has 0 rings (SSSR count). The van der Waals surface area contributed by atoms with Crippen LogP contribution in [0.4, 0.5) is 0 Å². The number of nitrogens with one attached hydrogen (secondary N) is 3. The van der Waals surface area contributed by atoms with E-state index in [9.17, 15) is 0 Å². The van der Waals surface area contributed by atoms with Crippen molar-refractivity contribution in [3.8, 4) is 0 Å². The van der Waals surface area contributed by atoms with E-state index in [2.05, 4.69) is 16.2 Å². The molecule has 0 unspecified atom stereocenters. The zero-order chi connectivity index (χ0) is 6.95. The molecule has 0 spiro atoms. The molecule has 0 aromatic carbocycles. The van der Waals surface area contributed by atoms with E-state index in [0.29, 0.717) is 0 Å². The Morgan fingerprint density at radius 1 is 0.778 bits per heavy atom. The third-order valence-electron chi connectivity index (χ3n) is 0.892. The minimum Gasteiger partial charge on any atom is -0.314 e. The predicted molar refractivity (Wildman–Crippen MR) is 37.2 cm³/mol. The van der Waals surface area contributed by atoms with Crippen LogP contribution in [0, 0.1) is 0 Å². The van der Waals surface area contributed by atoms with Gasteiger partial charge in [0.25, 0.3) is 0 Å². The minimum absolute atomic E-state index is 0.782. The van der Waals surface area contributed by atoms with E-state index in [0.717, 1.165) is 26.2 Å². The van der Waals surface area contributed by atoms with Gasteiger partial charge in [-0.3, -0.25) is 22.5 Å². The van der Waals surface area contributed by atoms with E-state index >= 15 is 0 Å². The number of hydrogen-bond acceptors (Lipinski definition) is 5. The van der Waals surface area contributed by atoms with Crippen LogP contribution in [0.2, 0.25) is 0 Å². The largest absolute Gasteiger partial charge is 0.314 e. The minimum atomic E-state index is 0.782. The fraction of sp³-hybridized carbons (Fsp3) is 1.00. The van der Waals surface area contributed by atoms with Gasteiger partial charge >= 0.3 is 0 Å². The summed E-state index contributed by atoms with van der Waals surface area (Å²) >= 11 is 0. The Balaban J connectivity index is 2.60. The van der Waals surface area contributed by atoms with Gasteiger partial charge in [0.1, 0.15) is 0 Å². The molecule has 0 radical (unpaired) electrons. The molecule has 0 saturated heterocycles. The second-order valence-corrected chi connectivity index (χ2v) is 1.66. The van der Waals surface area contributed by atoms with Crippen LogP contribution in [0.25, 0.3) is 0 Å². The van der Waals surface area contributed by atoms with Crippen LogP contribution >= 0.6 is 0 Å². The second-order valence-electron chi connectivity index (χ2n) is 1.66. The van der Waals surface area contributed by atoms with Crippen molar-refractivity contribution in [3.63, 3.8) is 0 Å². The lowest BCUT2D eigenvalue weighted by Crippen LogP contribution is -2.36. The number of rotatable bonds is 6. The van der Waals surface area contributed by atoms with Crippen LogP contribution < -0.4 is 27.9 Å². The van der Waals surface area contributed by atoms with Crippen LogP contribution in [0.3, 0.4) is 0 Å². The normalized spacial score (nSPS) is 10.0. The smallest absolute Gasteiger partial charge is 0.0223 e. The molecule has 0 aromatic rings. The molecule has 0 heterocycles. The van der Waals surface area contributed by atoms with E-state index in [1.807, 2.05) is 0 Å². The predicted octanol–water partition coefficient (Wildman–Crippen LogP) is -2.50. The molecule has 5 nitrogen and oxygen atoms in total. The van der Waals surface area contributed by atoms with Gasteiger partial charge in [-0.15, -0.1) is 0 Å². The maximum absolute atomic E-state index is 5.01. The highest BCUT2D eigenvalue weighted by Gasteiger charge is 1.82. The van der Waals surface area contributed by atoms with Gasteiger partial charge in [0.2, 0.25) is 0 Å². The SMILES string of the molecule is NNCCNCCNN. The topological polar surface area (TPSA) is 88.1 Å². The number of nitrogens with two attached hydrogens (primary N) is 2. The molecule has 7 N–H and O–H groups in total. The Kier molecular flexibility index (Phi) is 7.63. The first-order valence-corrected chi connectivity index (χ1v) is 2.99. The van der Waals surface area contributed by atoms with Gasteiger partial charge in [0.15, 0.2) is 0 Å². The molecule has 0 bridgehead atoms. The maximum atomic E-state index is 5.01. The van der Waals surface area contributed by atoms with Gasteiger partial charge < -0.3 is 5.32 Å². The molecule has 0 aliphatic heterocycles. The molecule has 0 aliphatic carbocycles. The molecular weight excluding hydrogens is 118 g/mol. The van der Waals surface area contributed by atoms with Gasteiger partial charge in [-0.1, -0.05) is 0 Å². The van der Waals surface area contributed by atoms with Crippen molar-refractivity contribution in [2.75, 3.05) is 26.2 Å². The highest BCUT2D eigenvalue weighted by molar-refractivity contribution is 4.48. The van der Waals surface area contributed by atoms with Gasteiger partial charge in [-0.05, 0) is 0 Å². The Bertz CT molecular complexity index is 42.2. The van der Waals surface area contributed by atoms with Crippen LogP contribution in [-0.4, -0.2) is 26.2 Å². The first kappa shape index (κ1) is 8.80. The van der Waals surface area contributed by atoms with Crippen LogP contribution in [0.1, 0.15) is 0 Å². The monoisotopic (exact) mass is 133 g/mol. The lowest BCUT2D eigenvalue weighted by atomic mass is 10.6. The van der Waals surface area contributed by atoms with Crippen molar-refractivity contribution in [3.05, 3.63) is 0 Å². The van der Waals surface area contributed by atoms with Gasteiger partial charge in [0.05, 0.1) is 0 Å². The molecule has 0 aliphatic rings. The van der Waals surface area contributed by atoms with Crippen LogP contribution in [0.5, 0.6) is 0 Å². The second kappa shape index (κ2) is 7.80. The maximum Gasteiger partial charge on any atom is 0.0223 e. The first-order valence-electron chi connectivity index (χ1n) is 2.99. The Morgan fingerprint density at radius 2 is 1.22 bits per heavy atom. The zero-order valence-corrected chi connectivity index (χ0v) is 5.48. The Morgan fingerprint density at radius 3 is 1.56 bits per heavy atom. The quantitative estimate of drug-likeness (QED) is 0.157. The van der Waals surface area contributed by atoms with Gasteiger partial charge in [0, 0.05) is 26.2 Å². The molecular formula is C4H15N5. The van der Waals surface area contributed by atoms with E-state index in [1.165, 1.54) is 0 Å². The number of hydrazine groups is 2. The van der Waals surface area contributed by atoms with Crippen molar-refractivity contribution in [1.82, 2.24) is 16.2 Å². The average molecular weight is 133 g/mol. The summed E-state index contributed by atoms with van der Waals surface area (Å²) in [7, 11) is 0. The molecule has 0 atom stereocenters. The third kappa shape index (κ3) is 7.80. The highest BCUT2D eigenvalue weighted by atomic mass is 15.2. The third-order valence-corrected chi connectivity index (χ3v) is 0.892. The highest BCUT2D eigenvalue weighted by Crippen LogP contribution is 1.53. The van der Waals surface area contributed by atoms with Crippen molar-refractivity contribution in [2.45, 2.75) is 0 Å². The summed E-state index contributed by atoms with van der Waals surface area (Å²) in [6, 6.07) is 0. The van der Waals surface area contributed by atoms with Crippen molar-refractivity contribution in [1.29, 1.82) is 0 Å². The van der Waals surface area contributed by atoms with Gasteiger partial charge in [-0.2, -0.15) is 0 Å². The van der Waals surface area contributed by atoms with Gasteiger partial charge in [-0.25, -0.2) is 0 Å². The summed E-state index contributed by atoms with van der Waals surface area (Å²) in [5.41, 5.74) is 5.06. The first-order chi connectivity index (χ1) is 4.41. The van der Waals surface area contributed by atoms with E-state index in [1.54, 1.807) is 0 Å². The molecule has 56 valence electrons. The number of hydrogen-bond donors (Lipinski definition) is 5. The molecule has 0 amide bonds. The molecule has 9 heavy (non-hydrogen) atoms. The Hall–Kier alpha value is -0.200. The van der Waals surface area contributed by atoms with Crippen molar-refractivity contribution in [2.24, 2.45) is 11.7 Å². The van der Waals surface area contributed by atoms with Crippen LogP contribution in [0.15, 0.2) is 0 Å². The summed E-state index contributed by atoms with van der Waals surface area (Å²) in [5, 5.41) is 3.10. The zero-order valence-electron chi connectivity index (χ0n) is 5.48.